The molecule has 1 saturated heterocycles. The predicted molar refractivity (Wildman–Crippen MR) is 94.6 cm³/mol. The van der Waals surface area contributed by atoms with E-state index in [4.69, 9.17) is 0 Å². The maximum Gasteiger partial charge on any atom is 0.222 e. The van der Waals surface area contributed by atoms with Crippen molar-refractivity contribution in [2.75, 3.05) is 19.6 Å². The van der Waals surface area contributed by atoms with Crippen molar-refractivity contribution in [2.45, 2.75) is 51.6 Å². The van der Waals surface area contributed by atoms with Gasteiger partial charge in [-0.2, -0.15) is 0 Å². The minimum absolute atomic E-state index is 0.0153. The number of quaternary nitrogens is 1. The van der Waals surface area contributed by atoms with Crippen LogP contribution in [0.1, 0.15) is 51.1 Å². The molecule has 5 heteroatoms. The molecule has 3 N–H and O–H groups in total. The van der Waals surface area contributed by atoms with Gasteiger partial charge in [0, 0.05) is 25.8 Å². The highest BCUT2D eigenvalue weighted by molar-refractivity contribution is 5.79. The molecule has 0 aromatic heterocycles. The van der Waals surface area contributed by atoms with Gasteiger partial charge in [-0.3, -0.25) is 9.59 Å². The van der Waals surface area contributed by atoms with Gasteiger partial charge in [0.2, 0.25) is 11.8 Å². The van der Waals surface area contributed by atoms with Crippen LogP contribution < -0.4 is 15.5 Å². The highest BCUT2D eigenvalue weighted by Gasteiger charge is 2.24. The van der Waals surface area contributed by atoms with Crippen LogP contribution in [-0.2, 0) is 9.59 Å². The predicted octanol–water partition coefficient (Wildman–Crippen LogP) is 0.827. The SMILES string of the molecule is CCC[NH+]1CCC(NC(=O)C[C@H](NC(C)=O)c2ccccc2)CC1. The van der Waals surface area contributed by atoms with Crippen LogP contribution in [0.4, 0.5) is 0 Å². The fourth-order valence-electron chi connectivity index (χ4n) is 3.43. The van der Waals surface area contributed by atoms with Crippen LogP contribution in [0.3, 0.4) is 0 Å². The zero-order valence-electron chi connectivity index (χ0n) is 14.8. The van der Waals surface area contributed by atoms with Crippen molar-refractivity contribution in [1.82, 2.24) is 10.6 Å². The molecule has 2 rings (SSSR count). The molecular weight excluding hydrogens is 302 g/mol. The van der Waals surface area contributed by atoms with Gasteiger partial charge in [0.25, 0.3) is 0 Å². The van der Waals surface area contributed by atoms with Crippen LogP contribution in [0.15, 0.2) is 30.3 Å². The zero-order chi connectivity index (χ0) is 17.4. The van der Waals surface area contributed by atoms with Gasteiger partial charge in [0.15, 0.2) is 0 Å². The van der Waals surface area contributed by atoms with Crippen molar-refractivity contribution < 1.29 is 14.5 Å². The lowest BCUT2D eigenvalue weighted by Gasteiger charge is -2.30. The van der Waals surface area contributed by atoms with Gasteiger partial charge in [0.1, 0.15) is 0 Å². The lowest BCUT2D eigenvalue weighted by atomic mass is 10.0. The Morgan fingerprint density at radius 2 is 1.88 bits per heavy atom. The fourth-order valence-corrected chi connectivity index (χ4v) is 3.43. The van der Waals surface area contributed by atoms with Crippen LogP contribution >= 0.6 is 0 Å². The van der Waals surface area contributed by atoms with Crippen molar-refractivity contribution in [2.24, 2.45) is 0 Å². The molecule has 0 unspecified atom stereocenters. The lowest BCUT2D eigenvalue weighted by Crippen LogP contribution is -3.13. The lowest BCUT2D eigenvalue weighted by molar-refractivity contribution is -0.905. The summed E-state index contributed by atoms with van der Waals surface area (Å²) in [6.07, 6.45) is 3.57. The van der Waals surface area contributed by atoms with Gasteiger partial charge >= 0.3 is 0 Å². The summed E-state index contributed by atoms with van der Waals surface area (Å²) in [4.78, 5) is 25.5. The number of benzene rings is 1. The van der Waals surface area contributed by atoms with Gasteiger partial charge in [-0.05, 0) is 12.0 Å². The highest BCUT2D eigenvalue weighted by Crippen LogP contribution is 2.16. The van der Waals surface area contributed by atoms with E-state index in [1.165, 1.54) is 19.9 Å². The number of likely N-dealkylation sites (tertiary alicyclic amines) is 1. The van der Waals surface area contributed by atoms with Gasteiger partial charge in [-0.25, -0.2) is 0 Å². The molecule has 0 bridgehead atoms. The summed E-state index contributed by atoms with van der Waals surface area (Å²) in [6, 6.07) is 9.67. The van der Waals surface area contributed by atoms with Crippen LogP contribution in [0, 0.1) is 0 Å². The summed E-state index contributed by atoms with van der Waals surface area (Å²) in [7, 11) is 0. The molecule has 1 aliphatic heterocycles. The average molecular weight is 332 g/mol. The maximum atomic E-state index is 12.4. The molecule has 0 aliphatic carbocycles. The van der Waals surface area contributed by atoms with Crippen molar-refractivity contribution in [3.8, 4) is 0 Å². The monoisotopic (exact) mass is 332 g/mol. The van der Waals surface area contributed by atoms with Crippen molar-refractivity contribution in [3.05, 3.63) is 35.9 Å². The van der Waals surface area contributed by atoms with E-state index in [0.717, 1.165) is 31.5 Å². The fraction of sp³-hybridized carbons (Fsp3) is 0.579. The summed E-state index contributed by atoms with van der Waals surface area (Å²) in [5.41, 5.74) is 0.963. The molecule has 1 heterocycles. The largest absolute Gasteiger partial charge is 0.353 e. The molecule has 0 radical (unpaired) electrons. The van der Waals surface area contributed by atoms with Crippen LogP contribution in [0.2, 0.25) is 0 Å². The maximum absolute atomic E-state index is 12.4. The Bertz CT molecular complexity index is 525. The Kier molecular flexibility index (Phi) is 7.25. The summed E-state index contributed by atoms with van der Waals surface area (Å²) < 4.78 is 0. The Hall–Kier alpha value is -1.88. The summed E-state index contributed by atoms with van der Waals surface area (Å²) in [6.45, 7) is 7.19. The van der Waals surface area contributed by atoms with Crippen LogP contribution in [0.5, 0.6) is 0 Å². The molecule has 2 amide bonds. The zero-order valence-corrected chi connectivity index (χ0v) is 14.8. The number of hydrogen-bond acceptors (Lipinski definition) is 2. The quantitative estimate of drug-likeness (QED) is 0.692. The molecular formula is C19H30N3O2+. The Labute approximate surface area is 144 Å². The average Bonchev–Trinajstić information content (AvgIpc) is 2.57. The molecule has 0 saturated carbocycles. The Morgan fingerprint density at radius 1 is 1.21 bits per heavy atom. The number of amides is 2. The van der Waals surface area contributed by atoms with E-state index >= 15 is 0 Å². The number of carbonyl (C=O) groups excluding carboxylic acids is 2. The van der Waals surface area contributed by atoms with E-state index in [0.29, 0.717) is 0 Å². The van der Waals surface area contributed by atoms with E-state index in [1.807, 2.05) is 30.3 Å². The standard InChI is InChI=1S/C19H29N3O2/c1-3-11-22-12-9-17(10-13-22)21-19(24)14-18(20-15(2)23)16-7-5-4-6-8-16/h4-8,17-18H,3,9-14H2,1-2H3,(H,20,23)(H,21,24)/p+1/t18-/m0/s1. The minimum Gasteiger partial charge on any atom is -0.353 e. The first-order chi connectivity index (χ1) is 11.6. The van der Waals surface area contributed by atoms with Gasteiger partial charge in [-0.15, -0.1) is 0 Å². The van der Waals surface area contributed by atoms with Crippen LogP contribution in [-0.4, -0.2) is 37.5 Å². The number of rotatable bonds is 7. The molecule has 1 aromatic rings. The van der Waals surface area contributed by atoms with Crippen molar-refractivity contribution in [3.63, 3.8) is 0 Å². The van der Waals surface area contributed by atoms with Crippen molar-refractivity contribution >= 4 is 11.8 Å². The van der Waals surface area contributed by atoms with Gasteiger partial charge < -0.3 is 15.5 Å². The minimum atomic E-state index is -0.269. The Morgan fingerprint density at radius 3 is 2.46 bits per heavy atom. The molecule has 1 aliphatic rings. The second-order valence-corrected chi connectivity index (χ2v) is 6.71. The molecule has 1 aromatic carbocycles. The van der Waals surface area contributed by atoms with Gasteiger partial charge in [-0.1, -0.05) is 37.3 Å². The molecule has 24 heavy (non-hydrogen) atoms. The molecule has 5 nitrogen and oxygen atoms in total. The first-order valence-corrected chi connectivity index (χ1v) is 9.03. The molecule has 132 valence electrons. The van der Waals surface area contributed by atoms with E-state index < -0.39 is 0 Å². The second-order valence-electron chi connectivity index (χ2n) is 6.71. The molecule has 1 atom stereocenters. The highest BCUT2D eigenvalue weighted by atomic mass is 16.2. The first kappa shape index (κ1) is 18.5. The molecule has 1 fully saturated rings. The third-order valence-corrected chi connectivity index (χ3v) is 4.63. The Balaban J connectivity index is 1.86. The summed E-state index contributed by atoms with van der Waals surface area (Å²) in [5, 5.41) is 6.04. The summed E-state index contributed by atoms with van der Waals surface area (Å²) >= 11 is 0. The normalized spacial score (nSPS) is 21.8. The third kappa shape index (κ3) is 5.96. The van der Waals surface area contributed by atoms with Crippen LogP contribution in [0.25, 0.3) is 0 Å². The van der Waals surface area contributed by atoms with Crippen molar-refractivity contribution in [1.29, 1.82) is 0 Å². The third-order valence-electron chi connectivity index (χ3n) is 4.63. The number of nitrogens with one attached hydrogen (secondary N) is 3. The van der Waals surface area contributed by atoms with E-state index in [1.54, 1.807) is 4.90 Å². The smallest absolute Gasteiger partial charge is 0.222 e. The first-order valence-electron chi connectivity index (χ1n) is 9.03. The van der Waals surface area contributed by atoms with Gasteiger partial charge in [0.05, 0.1) is 32.1 Å². The molecule has 0 spiro atoms. The topological polar surface area (TPSA) is 62.6 Å². The number of carbonyl (C=O) groups is 2. The second kappa shape index (κ2) is 9.42. The van der Waals surface area contributed by atoms with E-state index in [9.17, 15) is 9.59 Å². The van der Waals surface area contributed by atoms with E-state index in [2.05, 4.69) is 17.6 Å². The van der Waals surface area contributed by atoms with E-state index in [-0.39, 0.29) is 30.3 Å². The number of hydrogen-bond donors (Lipinski definition) is 3. The summed E-state index contributed by atoms with van der Waals surface area (Å²) in [5.74, 6) is -0.102. The number of piperidine rings is 1.